The van der Waals surface area contributed by atoms with Gasteiger partial charge in [0.25, 0.3) is 0 Å². The van der Waals surface area contributed by atoms with E-state index in [1.54, 1.807) is 0 Å². The summed E-state index contributed by atoms with van der Waals surface area (Å²) in [7, 11) is 0. The predicted molar refractivity (Wildman–Crippen MR) is 65.0 cm³/mol. The molecule has 2 rings (SSSR count). The van der Waals surface area contributed by atoms with Gasteiger partial charge in [-0.2, -0.15) is 0 Å². The van der Waals surface area contributed by atoms with Gasteiger partial charge in [-0.05, 0) is 35.0 Å². The number of fused-ring (bicyclic) bond motifs is 1. The molecule has 0 saturated heterocycles. The van der Waals surface area contributed by atoms with E-state index in [1.807, 2.05) is 19.2 Å². The van der Waals surface area contributed by atoms with Gasteiger partial charge < -0.3 is 4.34 Å². The van der Waals surface area contributed by atoms with Gasteiger partial charge >= 0.3 is 0 Å². The molecule has 0 aliphatic rings. The van der Waals surface area contributed by atoms with E-state index < -0.39 is 0 Å². The van der Waals surface area contributed by atoms with Crippen molar-refractivity contribution in [3.8, 4) is 0 Å². The van der Waals surface area contributed by atoms with Crippen LogP contribution in [0.2, 0.25) is 5.15 Å². The van der Waals surface area contributed by atoms with Crippen LogP contribution in [-0.2, 0) is 0 Å². The van der Waals surface area contributed by atoms with Gasteiger partial charge in [0.2, 0.25) is 0 Å². The maximum absolute atomic E-state index is 5.97. The van der Waals surface area contributed by atoms with Crippen LogP contribution in [0, 0.1) is 6.92 Å². The van der Waals surface area contributed by atoms with Crippen molar-refractivity contribution in [2.75, 3.05) is 0 Å². The third kappa shape index (κ3) is 1.67. The van der Waals surface area contributed by atoms with Gasteiger partial charge in [-0.15, -0.1) is 0 Å². The standard InChI is InChI=1S/C7H6ClIN3P/c1-4-10-6(8)5-2-3-12(13-9)7(5)11-4/h2-3,13H,1H3. The van der Waals surface area contributed by atoms with Gasteiger partial charge in [-0.25, -0.2) is 9.97 Å². The Morgan fingerprint density at radius 2 is 2.31 bits per heavy atom. The molecule has 0 fully saturated rings. The van der Waals surface area contributed by atoms with E-state index in [4.69, 9.17) is 11.6 Å². The molecule has 68 valence electrons. The molecule has 0 radical (unpaired) electrons. The minimum Gasteiger partial charge on any atom is -0.304 e. The molecule has 2 aromatic rings. The van der Waals surface area contributed by atoms with Crippen molar-refractivity contribution in [1.29, 1.82) is 0 Å². The number of nitrogens with zero attached hydrogens (tertiary/aromatic N) is 3. The maximum atomic E-state index is 5.97. The van der Waals surface area contributed by atoms with E-state index in [1.165, 1.54) is 0 Å². The lowest BCUT2D eigenvalue weighted by atomic mass is 10.4. The Morgan fingerprint density at radius 3 is 3.00 bits per heavy atom. The van der Waals surface area contributed by atoms with Crippen molar-refractivity contribution < 1.29 is 0 Å². The average Bonchev–Trinajstić information content (AvgIpc) is 2.47. The van der Waals surface area contributed by atoms with Gasteiger partial charge in [0.15, 0.2) is 0 Å². The first-order valence-electron chi connectivity index (χ1n) is 3.60. The summed E-state index contributed by atoms with van der Waals surface area (Å²) >= 11 is 8.28. The van der Waals surface area contributed by atoms with E-state index in [-0.39, 0.29) is 0 Å². The Morgan fingerprint density at radius 1 is 1.54 bits per heavy atom. The fourth-order valence-corrected chi connectivity index (χ4v) is 2.97. The number of hydrogen-bond donors (Lipinski definition) is 0. The van der Waals surface area contributed by atoms with E-state index in [2.05, 4.69) is 36.3 Å². The van der Waals surface area contributed by atoms with Crippen LogP contribution in [0.15, 0.2) is 12.3 Å². The third-order valence-electron chi connectivity index (χ3n) is 1.70. The van der Waals surface area contributed by atoms with Gasteiger partial charge in [-0.1, -0.05) is 11.6 Å². The minimum atomic E-state index is 0.538. The first kappa shape index (κ1) is 9.62. The van der Waals surface area contributed by atoms with Gasteiger partial charge in [-0.3, -0.25) is 0 Å². The van der Waals surface area contributed by atoms with Crippen LogP contribution in [0.4, 0.5) is 0 Å². The van der Waals surface area contributed by atoms with Crippen LogP contribution in [0.5, 0.6) is 0 Å². The summed E-state index contributed by atoms with van der Waals surface area (Å²) in [4.78, 5) is 8.43. The van der Waals surface area contributed by atoms with Crippen molar-refractivity contribution >= 4 is 51.0 Å². The van der Waals surface area contributed by atoms with Crippen LogP contribution < -0.4 is 0 Å². The summed E-state index contributed by atoms with van der Waals surface area (Å²) in [6.07, 6.45) is 2.62. The van der Waals surface area contributed by atoms with Crippen LogP contribution in [0.3, 0.4) is 0 Å². The smallest absolute Gasteiger partial charge is 0.148 e. The van der Waals surface area contributed by atoms with Gasteiger partial charge in [0.05, 0.1) is 5.39 Å². The monoisotopic (exact) mass is 325 g/mol. The van der Waals surface area contributed by atoms with Crippen LogP contribution >= 0.6 is 40.0 Å². The van der Waals surface area contributed by atoms with Crippen molar-refractivity contribution in [1.82, 2.24) is 14.3 Å². The fourth-order valence-electron chi connectivity index (χ4n) is 1.15. The van der Waals surface area contributed by atoms with Crippen LogP contribution in [0.1, 0.15) is 5.82 Å². The molecule has 2 heterocycles. The summed E-state index contributed by atoms with van der Waals surface area (Å²) in [5.41, 5.74) is 0.922. The zero-order chi connectivity index (χ0) is 9.42. The van der Waals surface area contributed by atoms with Crippen molar-refractivity contribution in [3.05, 3.63) is 23.2 Å². The fraction of sp³-hybridized carbons (Fsp3) is 0.143. The first-order chi connectivity index (χ1) is 6.22. The Bertz CT molecular complexity index is 456. The Labute approximate surface area is 95.2 Å². The van der Waals surface area contributed by atoms with Crippen LogP contribution in [0.25, 0.3) is 11.0 Å². The second-order valence-corrected chi connectivity index (χ2v) is 5.03. The Hall–Kier alpha value is 0.0700. The number of hydrogen-bond acceptors (Lipinski definition) is 2. The average molecular weight is 325 g/mol. The SMILES string of the molecule is Cc1nc(Cl)c2ccn(PI)c2n1. The highest BCUT2D eigenvalue weighted by molar-refractivity contribution is 14.2. The lowest BCUT2D eigenvalue weighted by Crippen LogP contribution is -1.90. The van der Waals surface area contributed by atoms with Gasteiger partial charge in [0, 0.05) is 12.6 Å². The van der Waals surface area contributed by atoms with Gasteiger partial charge in [0.1, 0.15) is 16.6 Å². The maximum Gasteiger partial charge on any atom is 0.148 e. The highest BCUT2D eigenvalue weighted by Gasteiger charge is 2.07. The first-order valence-corrected chi connectivity index (χ1v) is 8.04. The Kier molecular flexibility index (Phi) is 2.72. The summed E-state index contributed by atoms with van der Waals surface area (Å²) in [5, 5.41) is 1.47. The molecular weight excluding hydrogens is 319 g/mol. The molecule has 2 aromatic heterocycles. The largest absolute Gasteiger partial charge is 0.304 e. The third-order valence-corrected chi connectivity index (χ3v) is 4.09. The zero-order valence-corrected chi connectivity index (χ0v) is 10.7. The Balaban J connectivity index is 2.82. The molecule has 0 aliphatic carbocycles. The normalized spacial score (nSPS) is 11.9. The quantitative estimate of drug-likeness (QED) is 0.458. The van der Waals surface area contributed by atoms with Crippen molar-refractivity contribution in [2.24, 2.45) is 0 Å². The minimum absolute atomic E-state index is 0.538. The molecule has 3 nitrogen and oxygen atoms in total. The highest BCUT2D eigenvalue weighted by Crippen LogP contribution is 2.31. The number of halogens is 2. The lowest BCUT2D eigenvalue weighted by Gasteiger charge is -1.99. The summed E-state index contributed by atoms with van der Waals surface area (Å²) in [6.45, 7) is 1.85. The molecule has 13 heavy (non-hydrogen) atoms. The van der Waals surface area contributed by atoms with E-state index >= 15 is 0 Å². The van der Waals surface area contributed by atoms with Crippen molar-refractivity contribution in [2.45, 2.75) is 6.92 Å². The van der Waals surface area contributed by atoms with E-state index in [0.717, 1.165) is 11.0 Å². The summed E-state index contributed by atoms with van der Waals surface area (Å²) < 4.78 is 2.07. The number of rotatable bonds is 1. The predicted octanol–water partition coefficient (Wildman–Crippen LogP) is 3.18. The molecule has 0 spiro atoms. The molecule has 0 saturated carbocycles. The second kappa shape index (κ2) is 3.67. The summed E-state index contributed by atoms with van der Waals surface area (Å²) in [6, 6.07) is 1.95. The summed E-state index contributed by atoms with van der Waals surface area (Å²) in [5.74, 6) is 0.715. The topological polar surface area (TPSA) is 30.7 Å². The van der Waals surface area contributed by atoms with Crippen LogP contribution in [-0.4, -0.2) is 14.3 Å². The molecule has 1 atom stereocenters. The number of aromatic nitrogens is 3. The molecule has 0 aliphatic heterocycles. The second-order valence-electron chi connectivity index (χ2n) is 2.57. The van der Waals surface area contributed by atoms with E-state index in [0.29, 0.717) is 17.4 Å². The molecule has 0 aromatic carbocycles. The zero-order valence-electron chi connectivity index (χ0n) is 6.75. The highest BCUT2D eigenvalue weighted by atomic mass is 127. The molecule has 0 N–H and O–H groups in total. The lowest BCUT2D eigenvalue weighted by molar-refractivity contribution is 1.07. The van der Waals surface area contributed by atoms with Crippen molar-refractivity contribution in [3.63, 3.8) is 0 Å². The molecular formula is C7H6ClIN3P. The molecule has 1 unspecified atom stereocenters. The van der Waals surface area contributed by atoms with E-state index in [9.17, 15) is 0 Å². The molecule has 0 amide bonds. The molecule has 0 bridgehead atoms. The number of aryl methyl sites for hydroxylation is 1. The molecule has 6 heteroatoms.